The number of rotatable bonds is 4. The van der Waals surface area contributed by atoms with E-state index in [1.165, 1.54) is 24.3 Å². The lowest BCUT2D eigenvalue weighted by atomic mass is 9.94. The molecule has 2 aromatic carbocycles. The summed E-state index contributed by atoms with van der Waals surface area (Å²) in [5, 5.41) is 19.3. The molecule has 28 heavy (non-hydrogen) atoms. The van der Waals surface area contributed by atoms with E-state index in [0.29, 0.717) is 11.3 Å². The standard InChI is InChI=1S/C18H14Cl2N4O4/c1-9-14(17(25)22-10-4-2-5-11(8-10)24(27)28)16(23-18(26)21-9)15-12(19)6-3-7-13(15)20/h2-8,16H,1H3,(H,22,25)(H2,21,23,26). The number of benzene rings is 2. The van der Waals surface area contributed by atoms with Crippen LogP contribution in [0.1, 0.15) is 18.5 Å². The molecule has 0 bridgehead atoms. The molecule has 8 nitrogen and oxygen atoms in total. The SMILES string of the molecule is CC1=C(C(=O)Nc2cccc([N+](=O)[O-])c2)C(c2c(Cl)cccc2Cl)NC(=O)N1. The second-order valence-electron chi connectivity index (χ2n) is 5.97. The molecule has 3 amide bonds. The molecule has 0 aliphatic carbocycles. The van der Waals surface area contributed by atoms with Crippen molar-refractivity contribution in [1.29, 1.82) is 0 Å². The lowest BCUT2D eigenvalue weighted by Crippen LogP contribution is -2.46. The van der Waals surface area contributed by atoms with Crippen LogP contribution in [-0.2, 0) is 4.79 Å². The molecule has 0 saturated carbocycles. The highest BCUT2D eigenvalue weighted by molar-refractivity contribution is 6.36. The van der Waals surface area contributed by atoms with Gasteiger partial charge in [-0.1, -0.05) is 35.3 Å². The maximum Gasteiger partial charge on any atom is 0.319 e. The van der Waals surface area contributed by atoms with Crippen LogP contribution in [-0.4, -0.2) is 16.9 Å². The first-order valence-electron chi connectivity index (χ1n) is 8.06. The van der Waals surface area contributed by atoms with E-state index in [4.69, 9.17) is 23.2 Å². The van der Waals surface area contributed by atoms with Gasteiger partial charge < -0.3 is 16.0 Å². The first-order valence-corrected chi connectivity index (χ1v) is 8.81. The number of nitro benzene ring substituents is 1. The smallest absolute Gasteiger partial charge is 0.319 e. The Morgan fingerprint density at radius 3 is 2.46 bits per heavy atom. The molecular formula is C18H14Cl2N4O4. The number of nitrogens with one attached hydrogen (secondary N) is 3. The van der Waals surface area contributed by atoms with Crippen LogP contribution in [0, 0.1) is 10.1 Å². The molecule has 0 saturated heterocycles. The summed E-state index contributed by atoms with van der Waals surface area (Å²) in [5.41, 5.74) is 0.947. The largest absolute Gasteiger partial charge is 0.327 e. The van der Waals surface area contributed by atoms with E-state index in [0.717, 1.165) is 0 Å². The minimum absolute atomic E-state index is 0.163. The summed E-state index contributed by atoms with van der Waals surface area (Å²) in [7, 11) is 0. The number of anilines is 1. The van der Waals surface area contributed by atoms with E-state index in [9.17, 15) is 19.7 Å². The molecule has 2 aromatic rings. The van der Waals surface area contributed by atoms with Gasteiger partial charge in [-0.2, -0.15) is 0 Å². The number of nitro groups is 1. The van der Waals surface area contributed by atoms with Crippen LogP contribution in [0.25, 0.3) is 0 Å². The normalized spacial score (nSPS) is 16.2. The summed E-state index contributed by atoms with van der Waals surface area (Å²) >= 11 is 12.5. The second kappa shape index (κ2) is 7.87. The highest BCUT2D eigenvalue weighted by Gasteiger charge is 2.33. The second-order valence-corrected chi connectivity index (χ2v) is 6.78. The summed E-state index contributed by atoms with van der Waals surface area (Å²) in [6.07, 6.45) is 0. The molecule has 3 rings (SSSR count). The zero-order valence-corrected chi connectivity index (χ0v) is 16.0. The van der Waals surface area contributed by atoms with Crippen molar-refractivity contribution in [1.82, 2.24) is 10.6 Å². The number of nitrogens with zero attached hydrogens (tertiary/aromatic N) is 1. The van der Waals surface area contributed by atoms with Crippen molar-refractivity contribution in [2.24, 2.45) is 0 Å². The van der Waals surface area contributed by atoms with Gasteiger partial charge in [-0.3, -0.25) is 14.9 Å². The number of hydrogen-bond donors (Lipinski definition) is 3. The molecule has 144 valence electrons. The van der Waals surface area contributed by atoms with Gasteiger partial charge in [0.2, 0.25) is 0 Å². The van der Waals surface area contributed by atoms with E-state index in [1.807, 2.05) is 0 Å². The van der Waals surface area contributed by atoms with Crippen LogP contribution in [0.2, 0.25) is 10.0 Å². The molecule has 10 heteroatoms. The molecule has 0 radical (unpaired) electrons. The van der Waals surface area contributed by atoms with Gasteiger partial charge >= 0.3 is 6.03 Å². The quantitative estimate of drug-likeness (QED) is 0.508. The van der Waals surface area contributed by atoms with Gasteiger partial charge in [0.05, 0.1) is 16.5 Å². The molecule has 1 aliphatic heterocycles. The number of carbonyl (C=O) groups is 2. The number of carbonyl (C=O) groups excluding carboxylic acids is 2. The third kappa shape index (κ3) is 3.92. The number of allylic oxidation sites excluding steroid dienone is 1. The fraction of sp³-hybridized carbons (Fsp3) is 0.111. The van der Waals surface area contributed by atoms with E-state index in [2.05, 4.69) is 16.0 Å². The number of halogens is 2. The first kappa shape index (κ1) is 19.7. The third-order valence-corrected chi connectivity index (χ3v) is 4.78. The summed E-state index contributed by atoms with van der Waals surface area (Å²) in [5.74, 6) is -0.563. The average Bonchev–Trinajstić information content (AvgIpc) is 2.61. The van der Waals surface area contributed by atoms with Crippen LogP contribution in [0.4, 0.5) is 16.2 Å². The van der Waals surface area contributed by atoms with Gasteiger partial charge in [-0.05, 0) is 25.1 Å². The van der Waals surface area contributed by atoms with E-state index in [-0.39, 0.29) is 27.0 Å². The van der Waals surface area contributed by atoms with Crippen molar-refractivity contribution in [3.8, 4) is 0 Å². The molecule has 3 N–H and O–H groups in total. The summed E-state index contributed by atoms with van der Waals surface area (Å²) in [4.78, 5) is 35.3. The highest BCUT2D eigenvalue weighted by atomic mass is 35.5. The lowest BCUT2D eigenvalue weighted by molar-refractivity contribution is -0.384. The van der Waals surface area contributed by atoms with Crippen LogP contribution in [0.5, 0.6) is 0 Å². The van der Waals surface area contributed by atoms with Crippen molar-refractivity contribution in [2.45, 2.75) is 13.0 Å². The topological polar surface area (TPSA) is 113 Å². The van der Waals surface area contributed by atoms with Gasteiger partial charge in [-0.25, -0.2) is 4.79 Å². The summed E-state index contributed by atoms with van der Waals surface area (Å²) in [6, 6.07) is 8.97. The highest BCUT2D eigenvalue weighted by Crippen LogP contribution is 2.36. The lowest BCUT2D eigenvalue weighted by Gasteiger charge is -2.29. The van der Waals surface area contributed by atoms with Gasteiger partial charge in [0, 0.05) is 39.1 Å². The van der Waals surface area contributed by atoms with Crippen molar-refractivity contribution in [2.75, 3.05) is 5.32 Å². The average molecular weight is 421 g/mol. The Morgan fingerprint density at radius 2 is 1.82 bits per heavy atom. The van der Waals surface area contributed by atoms with E-state index in [1.54, 1.807) is 25.1 Å². The maximum absolute atomic E-state index is 13.0. The van der Waals surface area contributed by atoms with E-state index < -0.39 is 22.9 Å². The number of urea groups is 1. The van der Waals surface area contributed by atoms with Crippen LogP contribution in [0.15, 0.2) is 53.7 Å². The zero-order chi connectivity index (χ0) is 20.4. The zero-order valence-electron chi connectivity index (χ0n) is 14.5. The van der Waals surface area contributed by atoms with Crippen molar-refractivity contribution < 1.29 is 14.5 Å². The van der Waals surface area contributed by atoms with Crippen LogP contribution in [0.3, 0.4) is 0 Å². The first-order chi connectivity index (χ1) is 13.3. The molecule has 1 aliphatic rings. The summed E-state index contributed by atoms with van der Waals surface area (Å²) in [6.45, 7) is 1.57. The van der Waals surface area contributed by atoms with Gasteiger partial charge in [0.25, 0.3) is 11.6 Å². The predicted octanol–water partition coefficient (Wildman–Crippen LogP) is 4.17. The molecule has 1 unspecified atom stereocenters. The minimum Gasteiger partial charge on any atom is -0.327 e. The molecular weight excluding hydrogens is 407 g/mol. The minimum atomic E-state index is -0.895. The Kier molecular flexibility index (Phi) is 5.53. The molecule has 0 spiro atoms. The Balaban J connectivity index is 2.00. The number of hydrogen-bond acceptors (Lipinski definition) is 4. The van der Waals surface area contributed by atoms with Gasteiger partial charge in [0.1, 0.15) is 0 Å². The Labute approximate surface area is 169 Å². The van der Waals surface area contributed by atoms with Crippen LogP contribution >= 0.6 is 23.2 Å². The van der Waals surface area contributed by atoms with E-state index >= 15 is 0 Å². The molecule has 1 atom stereocenters. The molecule has 1 heterocycles. The Morgan fingerprint density at radius 1 is 1.18 bits per heavy atom. The monoisotopic (exact) mass is 420 g/mol. The third-order valence-electron chi connectivity index (χ3n) is 4.12. The Hall–Kier alpha value is -3.10. The summed E-state index contributed by atoms with van der Waals surface area (Å²) < 4.78 is 0. The molecule has 0 fully saturated rings. The number of amides is 3. The van der Waals surface area contributed by atoms with Crippen molar-refractivity contribution >= 4 is 46.5 Å². The Bertz CT molecular complexity index is 1000. The van der Waals surface area contributed by atoms with Gasteiger partial charge in [-0.15, -0.1) is 0 Å². The predicted molar refractivity (Wildman–Crippen MR) is 105 cm³/mol. The van der Waals surface area contributed by atoms with Crippen LogP contribution < -0.4 is 16.0 Å². The van der Waals surface area contributed by atoms with Crippen molar-refractivity contribution in [3.05, 3.63) is 79.5 Å². The fourth-order valence-electron chi connectivity index (χ4n) is 2.89. The number of non-ortho nitro benzene ring substituents is 1. The molecule has 0 aromatic heterocycles. The van der Waals surface area contributed by atoms with Crippen molar-refractivity contribution in [3.63, 3.8) is 0 Å². The fourth-order valence-corrected chi connectivity index (χ4v) is 3.51. The maximum atomic E-state index is 13.0. The van der Waals surface area contributed by atoms with Gasteiger partial charge in [0.15, 0.2) is 0 Å².